The van der Waals surface area contributed by atoms with E-state index in [0.717, 1.165) is 66.6 Å². The Morgan fingerprint density at radius 2 is 1.95 bits per heavy atom. The lowest BCUT2D eigenvalue weighted by Crippen LogP contribution is -2.34. The van der Waals surface area contributed by atoms with E-state index in [4.69, 9.17) is 22.1 Å². The first-order valence-corrected chi connectivity index (χ1v) is 13.4. The fraction of sp³-hybridized carbons (Fsp3) is 0.448. The van der Waals surface area contributed by atoms with E-state index in [9.17, 15) is 9.90 Å². The lowest BCUT2D eigenvalue weighted by atomic mass is 9.85. The molecule has 9 heteroatoms. The summed E-state index contributed by atoms with van der Waals surface area (Å²) < 4.78 is 5.29. The number of Topliss-reactive ketones (excluding diaryl/α,β-unsaturated/α-hetero) is 1. The number of phenols is 1. The molecule has 3 aromatic rings. The molecular formula is C29H36Cl2N4O3. The smallest absolute Gasteiger partial charge is 0.176 e. The number of aromatic hydroxyl groups is 1. The summed E-state index contributed by atoms with van der Waals surface area (Å²) in [4.78, 5) is 19.7. The van der Waals surface area contributed by atoms with Crippen LogP contribution in [0.25, 0.3) is 22.0 Å². The molecule has 1 saturated heterocycles. The summed E-state index contributed by atoms with van der Waals surface area (Å²) >= 11 is 6.26. The van der Waals surface area contributed by atoms with Gasteiger partial charge in [-0.25, -0.2) is 0 Å². The number of methoxy groups -OCH3 is 1. The van der Waals surface area contributed by atoms with E-state index >= 15 is 0 Å². The van der Waals surface area contributed by atoms with E-state index in [0.29, 0.717) is 29.3 Å². The normalized spacial score (nSPS) is 21.7. The molecule has 2 aliphatic rings. The molecule has 4 N–H and O–H groups in total. The minimum Gasteiger partial charge on any atom is -0.503 e. The van der Waals surface area contributed by atoms with E-state index in [1.165, 1.54) is 20.0 Å². The second kappa shape index (κ2) is 12.1. The van der Waals surface area contributed by atoms with Crippen LogP contribution in [-0.2, 0) is 0 Å². The zero-order valence-electron chi connectivity index (χ0n) is 21.9. The number of nitrogens with zero attached hydrogens (tertiary/aromatic N) is 2. The molecule has 1 aromatic heterocycles. The summed E-state index contributed by atoms with van der Waals surface area (Å²) in [5, 5.41) is 15.0. The quantitative estimate of drug-likeness (QED) is 0.310. The Bertz CT molecular complexity index is 1310. The van der Waals surface area contributed by atoms with Crippen LogP contribution in [0.1, 0.15) is 49.4 Å². The van der Waals surface area contributed by atoms with Crippen molar-refractivity contribution in [1.82, 2.24) is 9.88 Å². The van der Waals surface area contributed by atoms with Crippen molar-refractivity contribution in [3.63, 3.8) is 0 Å². The summed E-state index contributed by atoms with van der Waals surface area (Å²) in [6.07, 6.45) is 7.24. The number of nitrogens with two attached hydrogens (primary N) is 1. The number of nitrogens with one attached hydrogen (secondary N) is 1. The van der Waals surface area contributed by atoms with Crippen molar-refractivity contribution in [2.45, 2.75) is 51.1 Å². The molecule has 2 aromatic carbocycles. The van der Waals surface area contributed by atoms with Gasteiger partial charge in [0.05, 0.1) is 28.9 Å². The van der Waals surface area contributed by atoms with Gasteiger partial charge in [0.25, 0.3) is 0 Å². The molecule has 204 valence electrons. The molecule has 1 saturated carbocycles. The molecule has 5 rings (SSSR count). The van der Waals surface area contributed by atoms with Crippen LogP contribution in [0, 0.1) is 5.92 Å². The summed E-state index contributed by atoms with van der Waals surface area (Å²) in [5.41, 5.74) is 10.0. The van der Waals surface area contributed by atoms with E-state index in [1.807, 2.05) is 18.2 Å². The maximum absolute atomic E-state index is 12.6. The Morgan fingerprint density at radius 1 is 1.18 bits per heavy atom. The zero-order valence-corrected chi connectivity index (χ0v) is 23.4. The van der Waals surface area contributed by atoms with Crippen molar-refractivity contribution < 1.29 is 14.6 Å². The van der Waals surface area contributed by atoms with Crippen LogP contribution in [0.2, 0.25) is 5.02 Å². The molecule has 0 spiro atoms. The predicted octanol–water partition coefficient (Wildman–Crippen LogP) is 5.90. The van der Waals surface area contributed by atoms with Gasteiger partial charge in [-0.05, 0) is 86.9 Å². The van der Waals surface area contributed by atoms with Crippen molar-refractivity contribution in [1.29, 1.82) is 0 Å². The summed E-state index contributed by atoms with van der Waals surface area (Å²) in [5.74, 6) is 0.908. The first-order valence-electron chi connectivity index (χ1n) is 13.1. The largest absolute Gasteiger partial charge is 0.503 e. The third kappa shape index (κ3) is 6.01. The monoisotopic (exact) mass is 558 g/mol. The van der Waals surface area contributed by atoms with Crippen molar-refractivity contribution in [2.24, 2.45) is 11.7 Å². The van der Waals surface area contributed by atoms with E-state index in [1.54, 1.807) is 25.3 Å². The zero-order chi connectivity index (χ0) is 26.1. The average molecular weight is 560 g/mol. The number of halogens is 2. The summed E-state index contributed by atoms with van der Waals surface area (Å²) in [6, 6.07) is 10.0. The standard InChI is InChI=1S/C29H35ClN4O3.ClH/c1-17(35)24-14-32-26-8-5-19(20-12-25(30)29(36)27(13-20)37-2)11-23(26)28(24)33-22-6-3-18(4-7-22)15-34-10-9-21(31)16-34;/h5,8,11-14,18,21-22,36H,3-4,6-7,9-10,15-16,31H2,1-2H3,(H,32,33);1H. The van der Waals surface area contributed by atoms with Gasteiger partial charge in [0.15, 0.2) is 17.3 Å². The Hall–Kier alpha value is -2.58. The number of ether oxygens (including phenoxy) is 1. The molecule has 2 heterocycles. The highest BCUT2D eigenvalue weighted by atomic mass is 35.5. The predicted molar refractivity (Wildman–Crippen MR) is 156 cm³/mol. The third-order valence-corrected chi connectivity index (χ3v) is 8.14. The maximum Gasteiger partial charge on any atom is 0.176 e. The highest BCUT2D eigenvalue weighted by Crippen LogP contribution is 2.40. The fourth-order valence-corrected chi connectivity index (χ4v) is 5.99. The maximum atomic E-state index is 12.6. The minimum atomic E-state index is -0.0835. The van der Waals surface area contributed by atoms with Crippen molar-refractivity contribution in [2.75, 3.05) is 32.1 Å². The number of aromatic nitrogens is 1. The van der Waals surface area contributed by atoms with Crippen LogP contribution in [-0.4, -0.2) is 59.6 Å². The van der Waals surface area contributed by atoms with Crippen LogP contribution in [0.5, 0.6) is 11.5 Å². The second-order valence-corrected chi connectivity index (χ2v) is 10.9. The van der Waals surface area contributed by atoms with Gasteiger partial charge in [-0.1, -0.05) is 17.7 Å². The van der Waals surface area contributed by atoms with E-state index in [-0.39, 0.29) is 29.0 Å². The molecule has 0 radical (unpaired) electrons. The number of benzene rings is 2. The number of rotatable bonds is 7. The minimum absolute atomic E-state index is 0. The van der Waals surface area contributed by atoms with E-state index < -0.39 is 0 Å². The molecule has 2 fully saturated rings. The van der Waals surface area contributed by atoms with Gasteiger partial charge in [-0.15, -0.1) is 12.4 Å². The van der Waals surface area contributed by atoms with Gasteiger partial charge < -0.3 is 25.8 Å². The Kier molecular flexibility index (Phi) is 9.04. The highest BCUT2D eigenvalue weighted by Gasteiger charge is 2.27. The molecule has 7 nitrogen and oxygen atoms in total. The molecule has 1 atom stereocenters. The molecule has 0 amide bonds. The van der Waals surface area contributed by atoms with Crippen LogP contribution >= 0.6 is 24.0 Å². The number of likely N-dealkylation sites (tertiary alicyclic amines) is 1. The number of anilines is 1. The van der Waals surface area contributed by atoms with Gasteiger partial charge in [0.1, 0.15) is 0 Å². The van der Waals surface area contributed by atoms with Crippen LogP contribution < -0.4 is 15.8 Å². The SMILES string of the molecule is COc1cc(-c2ccc3ncc(C(C)=O)c(NC4CCC(CN5CCC(N)C5)CC4)c3c2)cc(Cl)c1O.Cl. The number of fused-ring (bicyclic) bond motifs is 1. The van der Waals surface area contributed by atoms with Gasteiger partial charge in [-0.2, -0.15) is 0 Å². The number of hydrogen-bond donors (Lipinski definition) is 3. The number of phenolic OH excluding ortho intramolecular Hbond substituents is 1. The molecular weight excluding hydrogens is 523 g/mol. The van der Waals surface area contributed by atoms with Gasteiger partial charge in [0.2, 0.25) is 0 Å². The number of hydrogen-bond acceptors (Lipinski definition) is 7. The summed E-state index contributed by atoms with van der Waals surface area (Å²) in [7, 11) is 1.50. The van der Waals surface area contributed by atoms with Crippen LogP contribution in [0.15, 0.2) is 36.5 Å². The molecule has 1 aliphatic heterocycles. The Labute approximate surface area is 235 Å². The molecule has 1 aliphatic carbocycles. The van der Waals surface area contributed by atoms with Crippen molar-refractivity contribution in [3.8, 4) is 22.6 Å². The lowest BCUT2D eigenvalue weighted by Gasteiger charge is -2.32. The highest BCUT2D eigenvalue weighted by molar-refractivity contribution is 6.32. The molecule has 0 bridgehead atoms. The molecule has 38 heavy (non-hydrogen) atoms. The Balaban J connectivity index is 0.00000336. The van der Waals surface area contributed by atoms with E-state index in [2.05, 4.69) is 15.2 Å². The third-order valence-electron chi connectivity index (χ3n) is 7.85. The van der Waals surface area contributed by atoms with Crippen LogP contribution in [0.3, 0.4) is 0 Å². The second-order valence-electron chi connectivity index (χ2n) is 10.5. The van der Waals surface area contributed by atoms with Crippen LogP contribution in [0.4, 0.5) is 5.69 Å². The summed E-state index contributed by atoms with van der Waals surface area (Å²) in [6.45, 7) is 4.85. The lowest BCUT2D eigenvalue weighted by molar-refractivity contribution is 0.101. The van der Waals surface area contributed by atoms with Crippen molar-refractivity contribution in [3.05, 3.63) is 47.1 Å². The average Bonchev–Trinajstić information content (AvgIpc) is 3.30. The molecule has 1 unspecified atom stereocenters. The van der Waals surface area contributed by atoms with Gasteiger partial charge in [0, 0.05) is 36.8 Å². The number of pyridine rings is 1. The van der Waals surface area contributed by atoms with Gasteiger partial charge in [-0.3, -0.25) is 9.78 Å². The Morgan fingerprint density at radius 3 is 2.61 bits per heavy atom. The fourth-order valence-electron chi connectivity index (χ4n) is 5.78. The first-order chi connectivity index (χ1) is 17.8. The first kappa shape index (κ1) is 28.4. The number of ketones is 1. The van der Waals surface area contributed by atoms with Crippen molar-refractivity contribution >= 4 is 46.4 Å². The van der Waals surface area contributed by atoms with Gasteiger partial charge >= 0.3 is 0 Å². The number of carbonyl (C=O) groups is 1. The number of carbonyl (C=O) groups excluding carboxylic acids is 1. The topological polar surface area (TPSA) is 101 Å².